The van der Waals surface area contributed by atoms with Gasteiger partial charge in [-0.15, -0.1) is 0 Å². The van der Waals surface area contributed by atoms with E-state index in [9.17, 15) is 13.2 Å². The van der Waals surface area contributed by atoms with Crippen LogP contribution in [-0.4, -0.2) is 80.5 Å². The van der Waals surface area contributed by atoms with Gasteiger partial charge in [-0.25, -0.2) is 13.4 Å². The summed E-state index contributed by atoms with van der Waals surface area (Å²) in [5.74, 6) is 0.691. The number of benzene rings is 1. The second kappa shape index (κ2) is 9.70. The largest absolute Gasteiger partial charge is 0.378 e. The normalized spacial score (nSPS) is 19.6. The highest BCUT2D eigenvalue weighted by molar-refractivity contribution is 7.89. The molecular formula is C24H29N5O4S. The maximum Gasteiger partial charge on any atom is 0.256 e. The lowest BCUT2D eigenvalue weighted by atomic mass is 10.1. The van der Waals surface area contributed by atoms with E-state index in [1.165, 1.54) is 16.4 Å². The minimum Gasteiger partial charge on any atom is -0.378 e. The predicted octanol–water partition coefficient (Wildman–Crippen LogP) is 1.94. The minimum atomic E-state index is -3.73. The Morgan fingerprint density at radius 3 is 2.47 bits per heavy atom. The van der Waals surface area contributed by atoms with Crippen LogP contribution in [0.2, 0.25) is 0 Å². The summed E-state index contributed by atoms with van der Waals surface area (Å²) in [5, 5.41) is 9.06. The van der Waals surface area contributed by atoms with Crippen molar-refractivity contribution in [2.45, 2.75) is 31.7 Å². The summed E-state index contributed by atoms with van der Waals surface area (Å²) in [6, 6.07) is 9.98. The van der Waals surface area contributed by atoms with Crippen molar-refractivity contribution in [3.63, 3.8) is 0 Å². The third-order valence-electron chi connectivity index (χ3n) is 6.41. The molecule has 0 spiro atoms. The average Bonchev–Trinajstić information content (AvgIpc) is 2.83. The Balaban J connectivity index is 1.48. The number of morpholine rings is 1. The van der Waals surface area contributed by atoms with Crippen molar-refractivity contribution in [3.8, 4) is 6.07 Å². The number of anilines is 1. The Hall–Kier alpha value is -3.00. The van der Waals surface area contributed by atoms with Gasteiger partial charge in [-0.2, -0.15) is 9.57 Å². The first-order valence-electron chi connectivity index (χ1n) is 11.3. The molecule has 3 heterocycles. The molecule has 2 saturated heterocycles. The zero-order chi connectivity index (χ0) is 24.5. The first-order chi connectivity index (χ1) is 16.2. The molecule has 10 heteroatoms. The number of hydrogen-bond donors (Lipinski definition) is 0. The molecule has 34 heavy (non-hydrogen) atoms. The summed E-state index contributed by atoms with van der Waals surface area (Å²) < 4.78 is 33.3. The smallest absolute Gasteiger partial charge is 0.256 e. The number of ether oxygens (including phenoxy) is 1. The molecule has 2 aromatic rings. The van der Waals surface area contributed by atoms with Crippen LogP contribution < -0.4 is 4.90 Å². The summed E-state index contributed by atoms with van der Waals surface area (Å²) in [6.45, 7) is 8.93. The maximum atomic E-state index is 13.3. The van der Waals surface area contributed by atoms with Gasteiger partial charge in [0.05, 0.1) is 41.0 Å². The Morgan fingerprint density at radius 1 is 1.12 bits per heavy atom. The van der Waals surface area contributed by atoms with Crippen molar-refractivity contribution in [2.24, 2.45) is 0 Å². The summed E-state index contributed by atoms with van der Waals surface area (Å²) in [5.41, 5.74) is 2.14. The number of sulfonamides is 1. The minimum absolute atomic E-state index is 0.141. The zero-order valence-corrected chi connectivity index (χ0v) is 20.5. The number of aryl methyl sites for hydroxylation is 2. The molecule has 0 aliphatic carbocycles. The Labute approximate surface area is 200 Å². The van der Waals surface area contributed by atoms with E-state index >= 15 is 0 Å². The molecule has 1 aromatic heterocycles. The van der Waals surface area contributed by atoms with E-state index in [1.807, 2.05) is 32.0 Å². The van der Waals surface area contributed by atoms with Gasteiger partial charge in [0.25, 0.3) is 5.91 Å². The van der Waals surface area contributed by atoms with Gasteiger partial charge in [0.1, 0.15) is 5.82 Å². The van der Waals surface area contributed by atoms with Crippen LogP contribution in [-0.2, 0) is 14.8 Å². The van der Waals surface area contributed by atoms with Gasteiger partial charge in [-0.3, -0.25) is 4.79 Å². The number of nitriles is 1. The monoisotopic (exact) mass is 483 g/mol. The lowest BCUT2D eigenvalue weighted by Crippen LogP contribution is -2.55. The molecule has 9 nitrogen and oxygen atoms in total. The molecule has 0 unspecified atom stereocenters. The van der Waals surface area contributed by atoms with Crippen LogP contribution in [0.4, 0.5) is 5.82 Å². The number of carbonyl (C=O) groups excluding carboxylic acids is 1. The quantitative estimate of drug-likeness (QED) is 0.654. The topological polar surface area (TPSA) is 107 Å². The van der Waals surface area contributed by atoms with Crippen molar-refractivity contribution in [1.82, 2.24) is 14.2 Å². The predicted molar refractivity (Wildman–Crippen MR) is 127 cm³/mol. The Morgan fingerprint density at radius 2 is 1.85 bits per heavy atom. The van der Waals surface area contributed by atoms with E-state index in [0.29, 0.717) is 42.1 Å². The van der Waals surface area contributed by atoms with E-state index in [2.05, 4.69) is 9.88 Å². The summed E-state index contributed by atoms with van der Waals surface area (Å²) in [7, 11) is -3.73. The van der Waals surface area contributed by atoms with Gasteiger partial charge in [0.15, 0.2) is 0 Å². The Bertz CT molecular complexity index is 1230. The van der Waals surface area contributed by atoms with Crippen LogP contribution in [0.15, 0.2) is 35.2 Å². The average molecular weight is 484 g/mol. The van der Waals surface area contributed by atoms with Crippen LogP contribution in [0.1, 0.15) is 34.1 Å². The van der Waals surface area contributed by atoms with Crippen LogP contribution in [0, 0.1) is 25.2 Å². The molecule has 0 saturated carbocycles. The number of amides is 1. The highest BCUT2D eigenvalue weighted by atomic mass is 32.2. The summed E-state index contributed by atoms with van der Waals surface area (Å²) in [6.07, 6.45) is 0. The van der Waals surface area contributed by atoms with Crippen molar-refractivity contribution in [3.05, 3.63) is 52.7 Å². The standard InChI is InChI=1S/C24H29N5O4S/c1-17-14-20(15-25)4-6-22(17)34(31,32)28-8-9-29(18(2)16-28)24(30)21-5-7-23(26-19(21)3)27-10-12-33-13-11-27/h4-7,14,18H,8-13,16H2,1-3H3/t18-/m0/s1. The molecule has 4 rings (SSSR count). The van der Waals surface area contributed by atoms with Crippen molar-refractivity contribution < 1.29 is 17.9 Å². The van der Waals surface area contributed by atoms with Gasteiger partial charge >= 0.3 is 0 Å². The molecule has 2 aliphatic rings. The molecule has 180 valence electrons. The molecule has 2 aliphatic heterocycles. The second-order valence-corrected chi connectivity index (χ2v) is 10.6. The first-order valence-corrected chi connectivity index (χ1v) is 12.8. The highest BCUT2D eigenvalue weighted by Gasteiger charge is 2.35. The van der Waals surface area contributed by atoms with Gasteiger partial charge in [0.2, 0.25) is 10.0 Å². The fraction of sp³-hybridized carbons (Fsp3) is 0.458. The maximum absolute atomic E-state index is 13.3. The fourth-order valence-corrected chi connectivity index (χ4v) is 6.21. The molecule has 1 aromatic carbocycles. The van der Waals surface area contributed by atoms with Gasteiger partial charge < -0.3 is 14.5 Å². The van der Waals surface area contributed by atoms with Crippen molar-refractivity contribution in [1.29, 1.82) is 5.26 Å². The SMILES string of the molecule is Cc1cc(C#N)ccc1S(=O)(=O)N1CCN(C(=O)c2ccc(N3CCOCC3)nc2C)[C@@H](C)C1. The number of hydrogen-bond acceptors (Lipinski definition) is 7. The number of piperazine rings is 1. The summed E-state index contributed by atoms with van der Waals surface area (Å²) in [4.78, 5) is 22.0. The van der Waals surface area contributed by atoms with Gasteiger partial charge in [0, 0.05) is 38.8 Å². The van der Waals surface area contributed by atoms with Crippen molar-refractivity contribution in [2.75, 3.05) is 50.8 Å². The van der Waals surface area contributed by atoms with Gasteiger partial charge in [-0.05, 0) is 56.7 Å². The van der Waals surface area contributed by atoms with Crippen molar-refractivity contribution >= 4 is 21.7 Å². The van der Waals surface area contributed by atoms with Crippen LogP contribution in [0.3, 0.4) is 0 Å². The molecule has 0 N–H and O–H groups in total. The number of aromatic nitrogens is 1. The Kier molecular flexibility index (Phi) is 6.89. The lowest BCUT2D eigenvalue weighted by molar-refractivity contribution is 0.0590. The number of rotatable bonds is 4. The number of carbonyl (C=O) groups is 1. The lowest BCUT2D eigenvalue weighted by Gasteiger charge is -2.39. The highest BCUT2D eigenvalue weighted by Crippen LogP contribution is 2.25. The molecule has 1 atom stereocenters. The van der Waals surface area contributed by atoms with Crippen LogP contribution in [0.25, 0.3) is 0 Å². The molecule has 0 bridgehead atoms. The zero-order valence-electron chi connectivity index (χ0n) is 19.7. The van der Waals surface area contributed by atoms with E-state index in [-0.39, 0.29) is 29.9 Å². The van der Waals surface area contributed by atoms with Crippen LogP contribution >= 0.6 is 0 Å². The van der Waals surface area contributed by atoms with E-state index in [1.54, 1.807) is 17.9 Å². The van der Waals surface area contributed by atoms with Gasteiger partial charge in [-0.1, -0.05) is 0 Å². The second-order valence-electron chi connectivity index (χ2n) is 8.70. The third-order valence-corrected chi connectivity index (χ3v) is 8.43. The summed E-state index contributed by atoms with van der Waals surface area (Å²) >= 11 is 0. The third kappa shape index (κ3) is 4.64. The van der Waals surface area contributed by atoms with E-state index in [0.717, 1.165) is 18.9 Å². The van der Waals surface area contributed by atoms with E-state index in [4.69, 9.17) is 10.00 Å². The molecule has 2 fully saturated rings. The van der Waals surface area contributed by atoms with Crippen LogP contribution in [0.5, 0.6) is 0 Å². The molecule has 0 radical (unpaired) electrons. The van der Waals surface area contributed by atoms with E-state index < -0.39 is 10.0 Å². The molecule has 1 amide bonds. The number of nitrogens with zero attached hydrogens (tertiary/aromatic N) is 5. The first kappa shape index (κ1) is 24.1. The number of pyridine rings is 1. The fourth-order valence-electron chi connectivity index (χ4n) is 4.49. The molecular weight excluding hydrogens is 454 g/mol.